The Labute approximate surface area is 202 Å². The van der Waals surface area contributed by atoms with Gasteiger partial charge in [0.25, 0.3) is 5.91 Å². The van der Waals surface area contributed by atoms with Crippen molar-refractivity contribution >= 4 is 34.2 Å². The molecule has 2 amide bonds. The molecule has 12 heteroatoms. The normalized spacial score (nSPS) is 12.5. The lowest BCUT2D eigenvalue weighted by Gasteiger charge is -2.11. The number of amides is 2. The Kier molecular flexibility index (Phi) is 6.83. The first-order chi connectivity index (χ1) is 16.6. The van der Waals surface area contributed by atoms with E-state index in [-0.39, 0.29) is 24.2 Å². The number of imidazole rings is 1. The molecule has 4 aromatic rings. The first-order valence-corrected chi connectivity index (χ1v) is 11.4. The second-order valence-electron chi connectivity index (χ2n) is 7.83. The van der Waals surface area contributed by atoms with Crippen molar-refractivity contribution in [1.29, 1.82) is 0 Å². The van der Waals surface area contributed by atoms with Gasteiger partial charge in [0, 0.05) is 24.5 Å². The summed E-state index contributed by atoms with van der Waals surface area (Å²) < 4.78 is 39.9. The Hall–Kier alpha value is -3.80. The predicted molar refractivity (Wildman–Crippen MR) is 124 cm³/mol. The molecule has 0 aliphatic rings. The minimum Gasteiger partial charge on any atom is -0.358 e. The van der Waals surface area contributed by atoms with Crippen molar-refractivity contribution in [3.8, 4) is 0 Å². The van der Waals surface area contributed by atoms with Gasteiger partial charge in [-0.15, -0.1) is 11.3 Å². The smallest absolute Gasteiger partial charge is 0.358 e. The highest BCUT2D eigenvalue weighted by Crippen LogP contribution is 2.30. The fraction of sp³-hybridized carbons (Fsp3) is 0.261. The lowest BCUT2D eigenvalue weighted by molar-refractivity contribution is -0.137. The van der Waals surface area contributed by atoms with E-state index in [2.05, 4.69) is 25.6 Å². The standard InChI is InChI=1S/C23H21F3N6O2S/c1-13(19-10-29-21(35-19)7-14-3-5-15(6-4-14)23(24,25)26)31-22(34)16-8-18-17(9-28-16)30-12-32(18)11-20(33)27-2/h3-6,8-10,12-13H,7,11H2,1-2H3,(H,27,33)(H,31,34). The van der Waals surface area contributed by atoms with E-state index in [1.165, 1.54) is 43.0 Å². The molecule has 182 valence electrons. The van der Waals surface area contributed by atoms with Crippen LogP contribution in [0.1, 0.15) is 44.5 Å². The summed E-state index contributed by atoms with van der Waals surface area (Å²) in [6.45, 7) is 1.87. The molecule has 3 aromatic heterocycles. The highest BCUT2D eigenvalue weighted by atomic mass is 32.1. The van der Waals surface area contributed by atoms with Crippen LogP contribution in [0.4, 0.5) is 13.2 Å². The summed E-state index contributed by atoms with van der Waals surface area (Å²) in [6, 6.07) is 6.19. The number of nitrogens with one attached hydrogen (secondary N) is 2. The maximum atomic E-state index is 12.8. The van der Waals surface area contributed by atoms with E-state index in [0.717, 1.165) is 22.0 Å². The van der Waals surface area contributed by atoms with E-state index in [1.54, 1.807) is 16.8 Å². The van der Waals surface area contributed by atoms with Gasteiger partial charge in [-0.25, -0.2) is 15.0 Å². The van der Waals surface area contributed by atoms with E-state index < -0.39 is 17.6 Å². The highest BCUT2D eigenvalue weighted by molar-refractivity contribution is 7.11. The van der Waals surface area contributed by atoms with Gasteiger partial charge in [-0.1, -0.05) is 12.1 Å². The Morgan fingerprint density at radius 1 is 1.11 bits per heavy atom. The van der Waals surface area contributed by atoms with Gasteiger partial charge in [-0.05, 0) is 30.7 Å². The van der Waals surface area contributed by atoms with Crippen molar-refractivity contribution < 1.29 is 22.8 Å². The van der Waals surface area contributed by atoms with Crippen molar-refractivity contribution in [2.45, 2.75) is 32.1 Å². The van der Waals surface area contributed by atoms with Crippen LogP contribution in [-0.2, 0) is 23.9 Å². The van der Waals surface area contributed by atoms with Crippen molar-refractivity contribution in [2.24, 2.45) is 0 Å². The zero-order valence-electron chi connectivity index (χ0n) is 18.8. The summed E-state index contributed by atoms with van der Waals surface area (Å²) in [5, 5.41) is 6.14. The number of alkyl halides is 3. The summed E-state index contributed by atoms with van der Waals surface area (Å²) in [7, 11) is 1.54. The Bertz CT molecular complexity index is 1360. The molecule has 4 rings (SSSR count). The lowest BCUT2D eigenvalue weighted by Crippen LogP contribution is -2.27. The van der Waals surface area contributed by atoms with E-state index in [9.17, 15) is 22.8 Å². The molecule has 0 spiro atoms. The molecular weight excluding hydrogens is 481 g/mol. The average Bonchev–Trinajstić information content (AvgIpc) is 3.45. The monoisotopic (exact) mass is 502 g/mol. The van der Waals surface area contributed by atoms with Crippen molar-refractivity contribution in [2.75, 3.05) is 7.05 Å². The fourth-order valence-electron chi connectivity index (χ4n) is 3.38. The zero-order valence-corrected chi connectivity index (χ0v) is 19.6. The summed E-state index contributed by atoms with van der Waals surface area (Å²) in [4.78, 5) is 38.0. The van der Waals surface area contributed by atoms with Crippen molar-refractivity contribution in [3.05, 3.63) is 75.8 Å². The molecule has 0 radical (unpaired) electrons. The quantitative estimate of drug-likeness (QED) is 0.401. The molecule has 0 saturated carbocycles. The van der Waals surface area contributed by atoms with Crippen LogP contribution in [0, 0.1) is 0 Å². The zero-order chi connectivity index (χ0) is 25.2. The van der Waals surface area contributed by atoms with Crippen LogP contribution >= 0.6 is 11.3 Å². The molecule has 1 unspecified atom stereocenters. The minimum atomic E-state index is -4.37. The topological polar surface area (TPSA) is 102 Å². The summed E-state index contributed by atoms with van der Waals surface area (Å²) in [5.74, 6) is -0.595. The molecule has 1 atom stereocenters. The number of hydrogen-bond acceptors (Lipinski definition) is 6. The highest BCUT2D eigenvalue weighted by Gasteiger charge is 2.30. The molecule has 0 aliphatic heterocycles. The van der Waals surface area contributed by atoms with Crippen LogP contribution in [0.15, 0.2) is 49.1 Å². The third-order valence-corrected chi connectivity index (χ3v) is 6.50. The number of benzene rings is 1. The number of nitrogens with zero attached hydrogens (tertiary/aromatic N) is 4. The number of rotatable bonds is 7. The Balaban J connectivity index is 1.42. The SMILES string of the molecule is CNC(=O)Cn1cnc2cnc(C(=O)NC(C)c3cnc(Cc4ccc(C(F)(F)F)cc4)s3)cc21. The van der Waals surface area contributed by atoms with Crippen LogP contribution in [0.3, 0.4) is 0 Å². The molecule has 1 aromatic carbocycles. The Morgan fingerprint density at radius 2 is 1.86 bits per heavy atom. The van der Waals surface area contributed by atoms with E-state index in [0.29, 0.717) is 23.0 Å². The number of thiazole rings is 1. The number of pyridine rings is 1. The first kappa shape index (κ1) is 24.3. The van der Waals surface area contributed by atoms with Gasteiger partial charge in [0.1, 0.15) is 17.8 Å². The third-order valence-electron chi connectivity index (χ3n) is 5.32. The number of aromatic nitrogens is 4. The van der Waals surface area contributed by atoms with Crippen LogP contribution in [0.5, 0.6) is 0 Å². The molecule has 0 fully saturated rings. The largest absolute Gasteiger partial charge is 0.416 e. The number of hydrogen-bond donors (Lipinski definition) is 2. The first-order valence-electron chi connectivity index (χ1n) is 10.6. The Morgan fingerprint density at radius 3 is 2.54 bits per heavy atom. The number of fused-ring (bicyclic) bond motifs is 1. The summed E-state index contributed by atoms with van der Waals surface area (Å²) in [5.41, 5.74) is 1.37. The number of halogens is 3. The van der Waals surface area contributed by atoms with Crippen LogP contribution < -0.4 is 10.6 Å². The van der Waals surface area contributed by atoms with Gasteiger partial charge < -0.3 is 15.2 Å². The number of likely N-dealkylation sites (N-methyl/N-ethyl adjacent to an activating group) is 1. The minimum absolute atomic E-state index is 0.0665. The van der Waals surface area contributed by atoms with Gasteiger partial charge >= 0.3 is 6.18 Å². The van der Waals surface area contributed by atoms with Crippen molar-refractivity contribution in [1.82, 2.24) is 30.2 Å². The molecule has 8 nitrogen and oxygen atoms in total. The van der Waals surface area contributed by atoms with Crippen LogP contribution in [0.25, 0.3) is 11.0 Å². The van der Waals surface area contributed by atoms with E-state index in [1.807, 2.05) is 6.92 Å². The van der Waals surface area contributed by atoms with Crippen molar-refractivity contribution in [3.63, 3.8) is 0 Å². The van der Waals surface area contributed by atoms with Gasteiger partial charge in [0.2, 0.25) is 5.91 Å². The van der Waals surface area contributed by atoms with E-state index >= 15 is 0 Å². The number of carbonyl (C=O) groups is 2. The molecule has 0 bridgehead atoms. The van der Waals surface area contributed by atoms with Gasteiger partial charge in [0.15, 0.2) is 0 Å². The second kappa shape index (κ2) is 9.82. The second-order valence-corrected chi connectivity index (χ2v) is 8.97. The predicted octanol–water partition coefficient (Wildman–Crippen LogP) is 3.73. The molecular formula is C23H21F3N6O2S. The third kappa shape index (κ3) is 5.65. The molecule has 0 aliphatic carbocycles. The fourth-order valence-corrected chi connectivity index (χ4v) is 4.34. The maximum Gasteiger partial charge on any atom is 0.416 e. The lowest BCUT2D eigenvalue weighted by atomic mass is 10.1. The molecule has 2 N–H and O–H groups in total. The molecule has 3 heterocycles. The van der Waals surface area contributed by atoms with Crippen LogP contribution in [-0.4, -0.2) is 38.4 Å². The van der Waals surface area contributed by atoms with Gasteiger partial charge in [-0.3, -0.25) is 9.59 Å². The number of carbonyl (C=O) groups excluding carboxylic acids is 2. The maximum absolute atomic E-state index is 12.8. The van der Waals surface area contributed by atoms with E-state index in [4.69, 9.17) is 0 Å². The molecule has 35 heavy (non-hydrogen) atoms. The average molecular weight is 503 g/mol. The van der Waals surface area contributed by atoms with Crippen LogP contribution in [0.2, 0.25) is 0 Å². The van der Waals surface area contributed by atoms with Gasteiger partial charge in [0.05, 0.1) is 34.7 Å². The summed E-state index contributed by atoms with van der Waals surface area (Å²) in [6.07, 6.45) is 0.649. The molecule has 0 saturated heterocycles. The summed E-state index contributed by atoms with van der Waals surface area (Å²) >= 11 is 1.37. The van der Waals surface area contributed by atoms with Gasteiger partial charge in [-0.2, -0.15) is 13.2 Å².